The summed E-state index contributed by atoms with van der Waals surface area (Å²) in [5.74, 6) is -0.814. The van der Waals surface area contributed by atoms with E-state index in [9.17, 15) is 14.4 Å². The predicted octanol–water partition coefficient (Wildman–Crippen LogP) is 2.46. The first-order chi connectivity index (χ1) is 15.0. The molecule has 0 saturated carbocycles. The Kier molecular flexibility index (Phi) is 6.18. The van der Waals surface area contributed by atoms with Gasteiger partial charge in [-0.15, -0.1) is 0 Å². The van der Waals surface area contributed by atoms with Crippen molar-refractivity contribution in [2.45, 2.75) is 44.8 Å². The molecular weight excluding hydrogens is 396 g/mol. The standard InChI is InChI=1S/C23H26N4O4/c24-22(29)19-9-4-12-26(19)15-16-6-3-7-17(14-16)25-21(28)11-5-13-27-18-8-1-2-10-20(18)31-23(27)30/h1-3,6-8,10,14,19H,4-5,9,11-13,15H2,(H2,24,29)(H,25,28). The number of likely N-dealkylation sites (tertiary alicyclic amines) is 1. The Morgan fingerprint density at radius 2 is 2.00 bits per heavy atom. The van der Waals surface area contributed by atoms with Crippen LogP contribution in [0.2, 0.25) is 0 Å². The van der Waals surface area contributed by atoms with E-state index in [1.165, 1.54) is 0 Å². The summed E-state index contributed by atoms with van der Waals surface area (Å²) in [5, 5.41) is 2.91. The molecule has 8 heteroatoms. The Bertz CT molecular complexity index is 1150. The van der Waals surface area contributed by atoms with Crippen molar-refractivity contribution >= 4 is 28.6 Å². The third-order valence-electron chi connectivity index (χ3n) is 5.65. The van der Waals surface area contributed by atoms with Crippen molar-refractivity contribution in [2.24, 2.45) is 5.73 Å². The smallest absolute Gasteiger partial charge is 0.408 e. The number of hydrogen-bond acceptors (Lipinski definition) is 5. The molecule has 2 aromatic carbocycles. The van der Waals surface area contributed by atoms with E-state index >= 15 is 0 Å². The average molecular weight is 422 g/mol. The molecule has 3 aromatic rings. The molecule has 1 fully saturated rings. The lowest BCUT2D eigenvalue weighted by Crippen LogP contribution is -2.39. The van der Waals surface area contributed by atoms with Gasteiger partial charge >= 0.3 is 5.76 Å². The lowest BCUT2D eigenvalue weighted by Gasteiger charge is -2.22. The Labute approximate surface area is 179 Å². The van der Waals surface area contributed by atoms with Gasteiger partial charge in [0, 0.05) is 25.2 Å². The SMILES string of the molecule is NC(=O)C1CCCN1Cc1cccc(NC(=O)CCCn2c(=O)oc3ccccc32)c1. The van der Waals surface area contributed by atoms with Crippen molar-refractivity contribution in [3.63, 3.8) is 0 Å². The summed E-state index contributed by atoms with van der Waals surface area (Å²) in [7, 11) is 0. The number of hydrogen-bond donors (Lipinski definition) is 2. The highest BCUT2D eigenvalue weighted by Gasteiger charge is 2.28. The summed E-state index contributed by atoms with van der Waals surface area (Å²) < 4.78 is 6.77. The first-order valence-electron chi connectivity index (χ1n) is 10.5. The zero-order chi connectivity index (χ0) is 21.8. The first kappa shape index (κ1) is 20.9. The number of rotatable bonds is 8. The van der Waals surface area contributed by atoms with Gasteiger partial charge in [0.25, 0.3) is 0 Å². The fourth-order valence-electron chi connectivity index (χ4n) is 4.17. The molecule has 162 valence electrons. The zero-order valence-electron chi connectivity index (χ0n) is 17.3. The van der Waals surface area contributed by atoms with E-state index in [1.54, 1.807) is 10.6 Å². The van der Waals surface area contributed by atoms with Gasteiger partial charge in [0.1, 0.15) is 0 Å². The molecule has 0 bridgehead atoms. The third kappa shape index (κ3) is 4.86. The van der Waals surface area contributed by atoms with Gasteiger partial charge in [-0.2, -0.15) is 0 Å². The Morgan fingerprint density at radius 1 is 1.16 bits per heavy atom. The van der Waals surface area contributed by atoms with E-state index in [0.717, 1.165) is 30.5 Å². The van der Waals surface area contributed by atoms with Gasteiger partial charge in [0.2, 0.25) is 11.8 Å². The molecule has 0 spiro atoms. The molecule has 1 aromatic heterocycles. The van der Waals surface area contributed by atoms with Crippen LogP contribution in [0.3, 0.4) is 0 Å². The van der Waals surface area contributed by atoms with Gasteiger partial charge in [-0.3, -0.25) is 19.1 Å². The molecule has 1 unspecified atom stereocenters. The van der Waals surface area contributed by atoms with Gasteiger partial charge in [-0.05, 0) is 55.6 Å². The second kappa shape index (κ2) is 9.18. The second-order valence-electron chi connectivity index (χ2n) is 7.87. The number of carbonyl (C=O) groups is 2. The molecule has 31 heavy (non-hydrogen) atoms. The second-order valence-corrected chi connectivity index (χ2v) is 7.87. The normalized spacial score (nSPS) is 16.6. The number of para-hydroxylation sites is 2. The van der Waals surface area contributed by atoms with Crippen molar-refractivity contribution in [3.8, 4) is 0 Å². The van der Waals surface area contributed by atoms with Crippen molar-refractivity contribution in [1.29, 1.82) is 0 Å². The molecule has 0 aliphatic carbocycles. The van der Waals surface area contributed by atoms with E-state index in [0.29, 0.717) is 30.8 Å². The molecule has 2 amide bonds. The molecule has 1 aliphatic rings. The highest BCUT2D eigenvalue weighted by Crippen LogP contribution is 2.21. The lowest BCUT2D eigenvalue weighted by molar-refractivity contribution is -0.122. The number of aromatic nitrogens is 1. The van der Waals surface area contributed by atoms with Crippen LogP contribution >= 0.6 is 0 Å². The quantitative estimate of drug-likeness (QED) is 0.579. The third-order valence-corrected chi connectivity index (χ3v) is 5.65. The van der Waals surface area contributed by atoms with Gasteiger partial charge in [0.15, 0.2) is 5.58 Å². The molecule has 0 radical (unpaired) electrons. The number of nitrogens with two attached hydrogens (primary N) is 1. The first-order valence-corrected chi connectivity index (χ1v) is 10.5. The minimum Gasteiger partial charge on any atom is -0.408 e. The highest BCUT2D eigenvalue weighted by molar-refractivity contribution is 5.90. The molecule has 1 atom stereocenters. The minimum atomic E-state index is -0.412. The number of nitrogens with zero attached hydrogens (tertiary/aromatic N) is 2. The molecule has 3 N–H and O–H groups in total. The van der Waals surface area contributed by atoms with E-state index in [2.05, 4.69) is 10.2 Å². The highest BCUT2D eigenvalue weighted by atomic mass is 16.4. The van der Waals surface area contributed by atoms with Gasteiger partial charge in [0.05, 0.1) is 11.6 Å². The van der Waals surface area contributed by atoms with Crippen LogP contribution in [0.15, 0.2) is 57.7 Å². The molecule has 2 heterocycles. The fraction of sp³-hybridized carbons (Fsp3) is 0.348. The summed E-state index contributed by atoms with van der Waals surface area (Å²) >= 11 is 0. The Balaban J connectivity index is 1.31. The lowest BCUT2D eigenvalue weighted by atomic mass is 10.1. The number of primary amides is 1. The van der Waals surface area contributed by atoms with Crippen LogP contribution < -0.4 is 16.8 Å². The number of benzene rings is 2. The maximum absolute atomic E-state index is 12.4. The topological polar surface area (TPSA) is 111 Å². The van der Waals surface area contributed by atoms with Crippen LogP contribution in [-0.2, 0) is 22.7 Å². The van der Waals surface area contributed by atoms with Crippen LogP contribution in [0.25, 0.3) is 11.1 Å². The Morgan fingerprint density at radius 3 is 2.84 bits per heavy atom. The van der Waals surface area contributed by atoms with Crippen LogP contribution in [0, 0.1) is 0 Å². The number of anilines is 1. The molecule has 4 rings (SSSR count). The molecule has 1 aliphatic heterocycles. The average Bonchev–Trinajstić information content (AvgIpc) is 3.32. The number of amides is 2. The summed E-state index contributed by atoms with van der Waals surface area (Å²) in [5.41, 5.74) is 8.50. The van der Waals surface area contributed by atoms with E-state index < -0.39 is 5.76 Å². The van der Waals surface area contributed by atoms with E-state index in [1.807, 2.05) is 42.5 Å². The van der Waals surface area contributed by atoms with Crippen LogP contribution in [0.1, 0.15) is 31.2 Å². The van der Waals surface area contributed by atoms with E-state index in [-0.39, 0.29) is 24.3 Å². The molecule has 1 saturated heterocycles. The fourth-order valence-corrected chi connectivity index (χ4v) is 4.17. The van der Waals surface area contributed by atoms with E-state index in [4.69, 9.17) is 10.2 Å². The number of fused-ring (bicyclic) bond motifs is 1. The minimum absolute atomic E-state index is 0.116. The maximum Gasteiger partial charge on any atom is 0.419 e. The summed E-state index contributed by atoms with van der Waals surface area (Å²) in [6.07, 6.45) is 2.55. The Hall–Kier alpha value is -3.39. The van der Waals surface area contributed by atoms with Crippen LogP contribution in [0.5, 0.6) is 0 Å². The van der Waals surface area contributed by atoms with Gasteiger partial charge in [-0.25, -0.2) is 4.79 Å². The monoisotopic (exact) mass is 422 g/mol. The van der Waals surface area contributed by atoms with Crippen LogP contribution in [-0.4, -0.2) is 33.9 Å². The van der Waals surface area contributed by atoms with Gasteiger partial charge in [-0.1, -0.05) is 24.3 Å². The van der Waals surface area contributed by atoms with Crippen molar-refractivity contribution in [3.05, 3.63) is 64.6 Å². The predicted molar refractivity (Wildman–Crippen MR) is 117 cm³/mol. The van der Waals surface area contributed by atoms with Crippen molar-refractivity contribution < 1.29 is 14.0 Å². The van der Waals surface area contributed by atoms with Crippen molar-refractivity contribution in [2.75, 3.05) is 11.9 Å². The number of carbonyl (C=O) groups excluding carboxylic acids is 2. The van der Waals surface area contributed by atoms with Crippen LogP contribution in [0.4, 0.5) is 5.69 Å². The number of oxazole rings is 1. The largest absolute Gasteiger partial charge is 0.419 e. The summed E-state index contributed by atoms with van der Waals surface area (Å²) in [6.45, 7) is 1.87. The molecular formula is C23H26N4O4. The summed E-state index contributed by atoms with van der Waals surface area (Å²) in [4.78, 5) is 38.1. The molecule has 8 nitrogen and oxygen atoms in total. The maximum atomic E-state index is 12.4. The zero-order valence-corrected chi connectivity index (χ0v) is 17.3. The van der Waals surface area contributed by atoms with Crippen molar-refractivity contribution in [1.82, 2.24) is 9.47 Å². The van der Waals surface area contributed by atoms with Gasteiger partial charge < -0.3 is 15.5 Å². The number of nitrogens with one attached hydrogen (secondary N) is 1. The number of aryl methyl sites for hydroxylation is 1. The summed E-state index contributed by atoms with van der Waals surface area (Å²) in [6, 6.07) is 14.6.